The molecular weight excluding hydrogens is 363 g/mol. The lowest BCUT2D eigenvalue weighted by atomic mass is 9.67. The van der Waals surface area contributed by atoms with Gasteiger partial charge >= 0.3 is 6.18 Å². The molecule has 3 fully saturated rings. The Morgan fingerprint density at radius 2 is 1.89 bits per heavy atom. The first-order valence-electron chi connectivity index (χ1n) is 8.39. The van der Waals surface area contributed by atoms with Gasteiger partial charge in [0.1, 0.15) is 0 Å². The Morgan fingerprint density at radius 3 is 2.48 bits per heavy atom. The van der Waals surface area contributed by atoms with Gasteiger partial charge in [0, 0.05) is 6.04 Å². The Kier molecular flexibility index (Phi) is 3.38. The predicted molar refractivity (Wildman–Crippen MR) is 86.1 cm³/mol. The summed E-state index contributed by atoms with van der Waals surface area (Å²) in [6, 6.07) is 3.84. The number of carbonyl (C=O) groups excluding carboxylic acids is 2. The average Bonchev–Trinajstić information content (AvgIpc) is 3.07. The predicted octanol–water partition coefficient (Wildman–Crippen LogP) is 1.96. The van der Waals surface area contributed by atoms with Gasteiger partial charge in [-0.15, -0.1) is 0 Å². The van der Waals surface area contributed by atoms with Crippen molar-refractivity contribution in [3.63, 3.8) is 0 Å². The minimum atomic E-state index is -4.79. The van der Waals surface area contributed by atoms with Gasteiger partial charge in [-0.25, -0.2) is 4.90 Å². The van der Waals surface area contributed by atoms with Gasteiger partial charge in [0.05, 0.1) is 45.9 Å². The number of nitrogens with zero attached hydrogens (tertiary/aromatic N) is 2. The maximum Gasteiger partial charge on any atom is 0.417 e. The number of rotatable bonds is 1. The van der Waals surface area contributed by atoms with Gasteiger partial charge in [0.25, 0.3) is 0 Å². The third-order valence-corrected chi connectivity index (χ3v) is 6.08. The van der Waals surface area contributed by atoms with E-state index >= 15 is 0 Å². The number of anilines is 1. The summed E-state index contributed by atoms with van der Waals surface area (Å²) in [7, 11) is 0. The van der Waals surface area contributed by atoms with E-state index in [0.717, 1.165) is 11.0 Å². The number of alkyl halides is 3. The average molecular weight is 379 g/mol. The lowest BCUT2D eigenvalue weighted by Crippen LogP contribution is -2.53. The van der Waals surface area contributed by atoms with Crippen molar-refractivity contribution >= 4 is 17.5 Å². The van der Waals surface area contributed by atoms with Crippen molar-refractivity contribution in [1.29, 1.82) is 5.26 Å². The minimum absolute atomic E-state index is 0.203. The smallest absolute Gasteiger partial charge is 0.366 e. The van der Waals surface area contributed by atoms with Gasteiger partial charge < -0.3 is 10.5 Å². The Morgan fingerprint density at radius 1 is 1.26 bits per heavy atom. The molecule has 3 saturated heterocycles. The summed E-state index contributed by atoms with van der Waals surface area (Å²) in [6.07, 6.45) is -4.40. The van der Waals surface area contributed by atoms with E-state index in [0.29, 0.717) is 12.5 Å². The number of carbonyl (C=O) groups is 2. The van der Waals surface area contributed by atoms with E-state index in [1.165, 1.54) is 12.1 Å². The minimum Gasteiger partial charge on any atom is -0.366 e. The summed E-state index contributed by atoms with van der Waals surface area (Å²) < 4.78 is 45.7. The van der Waals surface area contributed by atoms with Gasteiger partial charge in [-0.1, -0.05) is 0 Å². The standard InChI is InChI=1S/C18H16F3N3O3/c1-16-6-11(23)17(2,27-16)13-12(16)14(25)24(15(13)26)9-4-3-8(7-22)10(5-9)18(19,20)21/h3-5,11-13H,6,23H2,1-2H3/t11-,12-,13+,16?,17?/m1/s1. The van der Waals surface area contributed by atoms with Crippen LogP contribution in [0.2, 0.25) is 0 Å². The summed E-state index contributed by atoms with van der Waals surface area (Å²) >= 11 is 0. The Hall–Kier alpha value is -2.44. The highest BCUT2D eigenvalue weighted by molar-refractivity contribution is 6.23. The van der Waals surface area contributed by atoms with Crippen molar-refractivity contribution < 1.29 is 27.5 Å². The molecule has 4 rings (SSSR count). The molecule has 2 unspecified atom stereocenters. The molecule has 142 valence electrons. The van der Waals surface area contributed by atoms with Crippen molar-refractivity contribution in [3.05, 3.63) is 29.3 Å². The quantitative estimate of drug-likeness (QED) is 0.753. The molecule has 5 atom stereocenters. The molecule has 3 heterocycles. The second-order valence-electron chi connectivity index (χ2n) is 7.72. The van der Waals surface area contributed by atoms with Crippen LogP contribution in [0.5, 0.6) is 0 Å². The summed E-state index contributed by atoms with van der Waals surface area (Å²) in [5, 5.41) is 8.92. The molecule has 3 aliphatic rings. The van der Waals surface area contributed by atoms with Crippen LogP contribution in [-0.2, 0) is 20.5 Å². The lowest BCUT2D eigenvalue weighted by molar-refractivity contribution is -0.138. The summed E-state index contributed by atoms with van der Waals surface area (Å²) in [6.45, 7) is 3.37. The third kappa shape index (κ3) is 2.14. The summed E-state index contributed by atoms with van der Waals surface area (Å²) in [4.78, 5) is 26.8. The highest BCUT2D eigenvalue weighted by Gasteiger charge is 2.75. The number of nitriles is 1. The van der Waals surface area contributed by atoms with E-state index < -0.39 is 58.2 Å². The maximum atomic E-state index is 13.3. The van der Waals surface area contributed by atoms with Crippen molar-refractivity contribution in [3.8, 4) is 6.07 Å². The first kappa shape index (κ1) is 17.9. The number of nitrogens with two attached hydrogens (primary N) is 1. The summed E-state index contributed by atoms with van der Waals surface area (Å²) in [5.41, 5.74) is 2.18. The molecule has 2 N–H and O–H groups in total. The highest BCUT2D eigenvalue weighted by atomic mass is 19.4. The van der Waals surface area contributed by atoms with Gasteiger partial charge in [-0.2, -0.15) is 18.4 Å². The van der Waals surface area contributed by atoms with Crippen molar-refractivity contribution in [1.82, 2.24) is 0 Å². The van der Waals surface area contributed by atoms with Crippen molar-refractivity contribution in [2.45, 2.75) is 43.7 Å². The number of ether oxygens (including phenoxy) is 1. The van der Waals surface area contributed by atoms with E-state index in [4.69, 9.17) is 15.7 Å². The normalized spacial score (nSPS) is 37.7. The van der Waals surface area contributed by atoms with Crippen molar-refractivity contribution in [2.24, 2.45) is 17.6 Å². The molecule has 0 aliphatic carbocycles. The van der Waals surface area contributed by atoms with Gasteiger partial charge in [-0.3, -0.25) is 9.59 Å². The maximum absolute atomic E-state index is 13.3. The molecule has 6 nitrogen and oxygen atoms in total. The molecular formula is C18H16F3N3O3. The van der Waals surface area contributed by atoms with Crippen LogP contribution in [0.25, 0.3) is 0 Å². The monoisotopic (exact) mass is 379 g/mol. The molecule has 27 heavy (non-hydrogen) atoms. The Balaban J connectivity index is 1.81. The molecule has 9 heteroatoms. The number of amides is 2. The molecule has 0 saturated carbocycles. The van der Waals surface area contributed by atoms with E-state index in [2.05, 4.69) is 0 Å². The molecule has 0 aromatic heterocycles. The van der Waals surface area contributed by atoms with Crippen LogP contribution in [-0.4, -0.2) is 29.1 Å². The van der Waals surface area contributed by atoms with E-state index in [1.807, 2.05) is 0 Å². The molecule has 3 aliphatic heterocycles. The van der Waals surface area contributed by atoms with Crippen LogP contribution in [0.15, 0.2) is 18.2 Å². The van der Waals surface area contributed by atoms with Crippen LogP contribution in [0.3, 0.4) is 0 Å². The van der Waals surface area contributed by atoms with E-state index in [1.54, 1.807) is 13.8 Å². The van der Waals surface area contributed by atoms with E-state index in [-0.39, 0.29) is 5.69 Å². The second-order valence-corrected chi connectivity index (χ2v) is 7.72. The first-order chi connectivity index (χ1) is 12.4. The Bertz CT molecular complexity index is 925. The third-order valence-electron chi connectivity index (χ3n) is 6.08. The summed E-state index contributed by atoms with van der Waals surface area (Å²) in [5.74, 6) is -2.85. The van der Waals surface area contributed by atoms with Crippen LogP contribution in [0, 0.1) is 23.2 Å². The second kappa shape index (κ2) is 5.09. The molecule has 1 aromatic carbocycles. The van der Waals surface area contributed by atoms with Crippen molar-refractivity contribution in [2.75, 3.05) is 4.90 Å². The Labute approximate surface area is 152 Å². The van der Waals surface area contributed by atoms with Gasteiger partial charge in [-0.05, 0) is 38.5 Å². The molecule has 2 amide bonds. The van der Waals surface area contributed by atoms with Gasteiger partial charge in [0.15, 0.2) is 0 Å². The fourth-order valence-corrected chi connectivity index (χ4v) is 4.86. The molecule has 0 radical (unpaired) electrons. The molecule has 0 spiro atoms. The lowest BCUT2D eigenvalue weighted by Gasteiger charge is -2.32. The largest absolute Gasteiger partial charge is 0.417 e. The number of benzene rings is 1. The van der Waals surface area contributed by atoms with Crippen LogP contribution >= 0.6 is 0 Å². The number of hydrogen-bond acceptors (Lipinski definition) is 5. The number of imide groups is 1. The fraction of sp³-hybridized carbons (Fsp3) is 0.500. The van der Waals surface area contributed by atoms with Gasteiger partial charge in [0.2, 0.25) is 11.8 Å². The zero-order valence-electron chi connectivity index (χ0n) is 14.5. The molecule has 2 bridgehead atoms. The zero-order chi connectivity index (χ0) is 19.9. The zero-order valence-corrected chi connectivity index (χ0v) is 14.5. The van der Waals surface area contributed by atoms with Crippen LogP contribution in [0.4, 0.5) is 18.9 Å². The first-order valence-corrected chi connectivity index (χ1v) is 8.39. The topological polar surface area (TPSA) is 96.4 Å². The SMILES string of the molecule is CC12C[C@@H](N)C(C)(O1)[C@@H]1C(=O)N(c3ccc(C#N)c(C(F)(F)F)c3)C(=O)[C@@H]12. The van der Waals surface area contributed by atoms with Crippen LogP contribution < -0.4 is 10.6 Å². The number of hydrogen-bond donors (Lipinski definition) is 1. The highest BCUT2D eigenvalue weighted by Crippen LogP contribution is 2.60. The molecule has 1 aromatic rings. The van der Waals surface area contributed by atoms with E-state index in [9.17, 15) is 22.8 Å². The van der Waals surface area contributed by atoms with Crippen LogP contribution in [0.1, 0.15) is 31.4 Å². The number of fused-ring (bicyclic) bond motifs is 5. The number of halogens is 3. The fourth-order valence-electron chi connectivity index (χ4n) is 4.86.